The van der Waals surface area contributed by atoms with Crippen LogP contribution >= 0.6 is 0 Å². The largest absolute Gasteiger partial charge is 0.463 e. The molecule has 0 radical (unpaired) electrons. The van der Waals surface area contributed by atoms with E-state index < -0.39 is 0 Å². The summed E-state index contributed by atoms with van der Waals surface area (Å²) in [4.78, 5) is 0. The van der Waals surface area contributed by atoms with Crippen molar-refractivity contribution in [3.05, 3.63) is 41.6 Å². The van der Waals surface area contributed by atoms with Crippen LogP contribution in [-0.4, -0.2) is 16.3 Å². The van der Waals surface area contributed by atoms with E-state index in [9.17, 15) is 0 Å². The zero-order valence-electron chi connectivity index (χ0n) is 11.3. The highest BCUT2D eigenvalue weighted by Crippen LogP contribution is 2.09. The van der Waals surface area contributed by atoms with Crippen LogP contribution in [0.2, 0.25) is 0 Å². The minimum Gasteiger partial charge on any atom is -0.463 e. The summed E-state index contributed by atoms with van der Waals surface area (Å²) in [6.07, 6.45) is 1.97. The van der Waals surface area contributed by atoms with Gasteiger partial charge < -0.3 is 9.73 Å². The maximum Gasteiger partial charge on any atom is 0.125 e. The van der Waals surface area contributed by atoms with Crippen LogP contribution in [0, 0.1) is 12.8 Å². The monoisotopic (exact) mass is 247 g/mol. The molecule has 1 N–H and O–H groups in total. The molecule has 0 aliphatic carbocycles. The van der Waals surface area contributed by atoms with Crippen LogP contribution in [-0.2, 0) is 13.1 Å². The molecule has 2 aromatic rings. The predicted octanol–water partition coefficient (Wildman–Crippen LogP) is 2.58. The molecule has 0 unspecified atom stereocenters. The molecule has 2 rings (SSSR count). The van der Waals surface area contributed by atoms with Gasteiger partial charge in [0.25, 0.3) is 0 Å². The lowest BCUT2D eigenvalue weighted by atomic mass is 10.2. The van der Waals surface area contributed by atoms with Crippen molar-refractivity contribution in [3.63, 3.8) is 0 Å². The number of hydrogen-bond donors (Lipinski definition) is 1. The fraction of sp³-hybridized carbons (Fsp3) is 0.500. The van der Waals surface area contributed by atoms with E-state index in [0.717, 1.165) is 30.3 Å². The molecule has 2 heterocycles. The van der Waals surface area contributed by atoms with E-state index in [1.807, 2.05) is 36.0 Å². The summed E-state index contributed by atoms with van der Waals surface area (Å²) < 4.78 is 7.64. The van der Waals surface area contributed by atoms with Crippen LogP contribution in [0.5, 0.6) is 0 Å². The van der Waals surface area contributed by atoms with Crippen molar-refractivity contribution in [1.29, 1.82) is 0 Å². The Labute approximate surface area is 108 Å². The van der Waals surface area contributed by atoms with Crippen molar-refractivity contribution in [2.75, 3.05) is 6.54 Å². The van der Waals surface area contributed by atoms with Crippen molar-refractivity contribution in [2.45, 2.75) is 33.9 Å². The Kier molecular flexibility index (Phi) is 4.20. The van der Waals surface area contributed by atoms with Crippen LogP contribution in [0.3, 0.4) is 0 Å². The van der Waals surface area contributed by atoms with Gasteiger partial charge in [-0.15, -0.1) is 0 Å². The fourth-order valence-corrected chi connectivity index (χ4v) is 1.80. The molecule has 0 amide bonds. The number of nitrogens with zero attached hydrogens (tertiary/aromatic N) is 2. The lowest BCUT2D eigenvalue weighted by molar-refractivity contribution is 0.422. The van der Waals surface area contributed by atoms with Gasteiger partial charge in [0, 0.05) is 6.20 Å². The van der Waals surface area contributed by atoms with Crippen LogP contribution in [0.4, 0.5) is 0 Å². The van der Waals surface area contributed by atoms with Gasteiger partial charge in [0.05, 0.1) is 18.8 Å². The fourth-order valence-electron chi connectivity index (χ4n) is 1.80. The molecule has 0 spiro atoms. The summed E-state index contributed by atoms with van der Waals surface area (Å²) in [5, 5.41) is 7.71. The average Bonchev–Trinajstić information content (AvgIpc) is 2.89. The molecule has 0 aliphatic heterocycles. The molecule has 0 atom stereocenters. The second-order valence-corrected chi connectivity index (χ2v) is 5.05. The first-order valence-corrected chi connectivity index (χ1v) is 6.42. The Balaban J connectivity index is 1.86. The van der Waals surface area contributed by atoms with Gasteiger partial charge in [0.1, 0.15) is 11.5 Å². The number of rotatable bonds is 6. The van der Waals surface area contributed by atoms with Gasteiger partial charge in [-0.2, -0.15) is 5.10 Å². The maximum absolute atomic E-state index is 5.76. The Bertz CT molecular complexity index is 485. The van der Waals surface area contributed by atoms with E-state index in [4.69, 9.17) is 4.42 Å². The molecule has 2 aromatic heterocycles. The SMILES string of the molecule is Cc1ccn(Cc2ccc(CNCC(C)C)o2)n1. The molecular weight excluding hydrogens is 226 g/mol. The standard InChI is InChI=1S/C14H21N3O/c1-11(2)8-15-9-13-4-5-14(18-13)10-17-7-6-12(3)16-17/h4-7,11,15H,8-10H2,1-3H3. The average molecular weight is 247 g/mol. The number of aryl methyl sites for hydroxylation is 1. The minimum absolute atomic E-state index is 0.659. The third-order valence-corrected chi connectivity index (χ3v) is 2.66. The molecule has 0 saturated carbocycles. The number of hydrogen-bond acceptors (Lipinski definition) is 3. The topological polar surface area (TPSA) is 43.0 Å². The quantitative estimate of drug-likeness (QED) is 0.853. The maximum atomic E-state index is 5.76. The second-order valence-electron chi connectivity index (χ2n) is 5.05. The molecule has 0 aromatic carbocycles. The predicted molar refractivity (Wildman–Crippen MR) is 71.3 cm³/mol. The number of nitrogens with one attached hydrogen (secondary N) is 1. The summed E-state index contributed by atoms with van der Waals surface area (Å²) in [5.41, 5.74) is 1.03. The van der Waals surface area contributed by atoms with Gasteiger partial charge in [-0.05, 0) is 37.6 Å². The summed E-state index contributed by atoms with van der Waals surface area (Å²) in [6.45, 7) is 8.86. The minimum atomic E-state index is 0.659. The smallest absolute Gasteiger partial charge is 0.125 e. The van der Waals surface area contributed by atoms with Crippen molar-refractivity contribution in [1.82, 2.24) is 15.1 Å². The first-order chi connectivity index (χ1) is 8.63. The van der Waals surface area contributed by atoms with Crippen molar-refractivity contribution < 1.29 is 4.42 Å². The zero-order valence-corrected chi connectivity index (χ0v) is 11.3. The Morgan fingerprint density at radius 3 is 2.72 bits per heavy atom. The summed E-state index contributed by atoms with van der Waals surface area (Å²) in [6, 6.07) is 6.04. The molecule has 4 nitrogen and oxygen atoms in total. The van der Waals surface area contributed by atoms with E-state index in [1.165, 1.54) is 0 Å². The summed E-state index contributed by atoms with van der Waals surface area (Å²) in [5.74, 6) is 2.58. The molecule has 18 heavy (non-hydrogen) atoms. The lowest BCUT2D eigenvalue weighted by Crippen LogP contribution is -2.18. The van der Waals surface area contributed by atoms with Crippen LogP contribution < -0.4 is 5.32 Å². The third kappa shape index (κ3) is 3.74. The molecule has 0 bridgehead atoms. The van der Waals surface area contributed by atoms with E-state index in [1.54, 1.807) is 0 Å². The van der Waals surface area contributed by atoms with Gasteiger partial charge in [-0.25, -0.2) is 0 Å². The first kappa shape index (κ1) is 12.9. The van der Waals surface area contributed by atoms with E-state index in [2.05, 4.69) is 24.3 Å². The van der Waals surface area contributed by atoms with E-state index >= 15 is 0 Å². The number of furan rings is 1. The second kappa shape index (κ2) is 5.87. The van der Waals surface area contributed by atoms with Gasteiger partial charge >= 0.3 is 0 Å². The van der Waals surface area contributed by atoms with Crippen LogP contribution in [0.15, 0.2) is 28.8 Å². The highest BCUT2D eigenvalue weighted by Gasteiger charge is 2.04. The molecule has 0 fully saturated rings. The first-order valence-electron chi connectivity index (χ1n) is 6.42. The van der Waals surface area contributed by atoms with Gasteiger partial charge in [-0.3, -0.25) is 4.68 Å². The summed E-state index contributed by atoms with van der Waals surface area (Å²) in [7, 11) is 0. The van der Waals surface area contributed by atoms with E-state index in [-0.39, 0.29) is 0 Å². The van der Waals surface area contributed by atoms with Crippen LogP contribution in [0.25, 0.3) is 0 Å². The normalized spacial score (nSPS) is 11.3. The Hall–Kier alpha value is -1.55. The Morgan fingerprint density at radius 2 is 2.06 bits per heavy atom. The van der Waals surface area contributed by atoms with E-state index in [0.29, 0.717) is 12.5 Å². The van der Waals surface area contributed by atoms with Crippen molar-refractivity contribution in [2.24, 2.45) is 5.92 Å². The van der Waals surface area contributed by atoms with Gasteiger partial charge in [0.2, 0.25) is 0 Å². The van der Waals surface area contributed by atoms with Gasteiger partial charge in [0.15, 0.2) is 0 Å². The van der Waals surface area contributed by atoms with Crippen LogP contribution in [0.1, 0.15) is 31.1 Å². The Morgan fingerprint density at radius 1 is 1.28 bits per heavy atom. The summed E-state index contributed by atoms with van der Waals surface area (Å²) >= 11 is 0. The highest BCUT2D eigenvalue weighted by molar-refractivity contribution is 5.08. The molecule has 0 saturated heterocycles. The zero-order chi connectivity index (χ0) is 13.0. The molecule has 0 aliphatic rings. The number of aromatic nitrogens is 2. The molecule has 98 valence electrons. The molecule has 4 heteroatoms. The third-order valence-electron chi connectivity index (χ3n) is 2.66. The molecular formula is C14H21N3O. The van der Waals surface area contributed by atoms with Gasteiger partial charge in [-0.1, -0.05) is 13.8 Å². The van der Waals surface area contributed by atoms with Crippen molar-refractivity contribution >= 4 is 0 Å². The lowest BCUT2D eigenvalue weighted by Gasteiger charge is -2.05. The van der Waals surface area contributed by atoms with Crippen molar-refractivity contribution in [3.8, 4) is 0 Å². The highest BCUT2D eigenvalue weighted by atomic mass is 16.3.